The van der Waals surface area contributed by atoms with Gasteiger partial charge in [-0.15, -0.1) is 0 Å². The predicted octanol–water partition coefficient (Wildman–Crippen LogP) is 1.28. The molecule has 1 aliphatic rings. The van der Waals surface area contributed by atoms with Crippen molar-refractivity contribution in [3.8, 4) is 5.75 Å². The summed E-state index contributed by atoms with van der Waals surface area (Å²) in [5, 5.41) is 2.64. The first-order valence-electron chi connectivity index (χ1n) is 7.00. The van der Waals surface area contributed by atoms with Gasteiger partial charge in [0.05, 0.1) is 23.6 Å². The van der Waals surface area contributed by atoms with Crippen molar-refractivity contribution in [2.45, 2.75) is 17.9 Å². The molecule has 7 nitrogen and oxygen atoms in total. The molecule has 0 aliphatic carbocycles. The van der Waals surface area contributed by atoms with Gasteiger partial charge < -0.3 is 10.1 Å². The Labute approximate surface area is 133 Å². The molecule has 0 atom stereocenters. The van der Waals surface area contributed by atoms with Crippen molar-refractivity contribution in [3.63, 3.8) is 0 Å². The van der Waals surface area contributed by atoms with Gasteiger partial charge in [-0.05, 0) is 35.9 Å². The fourth-order valence-corrected chi connectivity index (χ4v) is 3.17. The van der Waals surface area contributed by atoms with Crippen LogP contribution in [0.1, 0.15) is 12.0 Å². The smallest absolute Gasteiger partial charge is 0.240 e. The van der Waals surface area contributed by atoms with Gasteiger partial charge in [0.2, 0.25) is 15.9 Å². The Morgan fingerprint density at radius 3 is 2.78 bits per heavy atom. The van der Waals surface area contributed by atoms with Crippen LogP contribution in [0.15, 0.2) is 47.6 Å². The molecule has 2 heterocycles. The number of fused-ring (bicyclic) bond motifs is 1. The second-order valence-electron chi connectivity index (χ2n) is 4.98. The van der Waals surface area contributed by atoms with Crippen LogP contribution in [0.5, 0.6) is 5.75 Å². The van der Waals surface area contributed by atoms with Crippen LogP contribution in [-0.2, 0) is 21.4 Å². The molecule has 2 aromatic rings. The number of carbonyl (C=O) groups excluding carboxylic acids is 1. The van der Waals surface area contributed by atoms with Crippen molar-refractivity contribution in [1.82, 2.24) is 9.71 Å². The van der Waals surface area contributed by atoms with Crippen LogP contribution in [0.3, 0.4) is 0 Å². The summed E-state index contributed by atoms with van der Waals surface area (Å²) in [4.78, 5) is 15.5. The summed E-state index contributed by atoms with van der Waals surface area (Å²) < 4.78 is 32.7. The van der Waals surface area contributed by atoms with Gasteiger partial charge in [0.15, 0.2) is 0 Å². The van der Waals surface area contributed by atoms with Gasteiger partial charge in [0.25, 0.3) is 0 Å². The van der Waals surface area contributed by atoms with Gasteiger partial charge in [0, 0.05) is 18.9 Å². The van der Waals surface area contributed by atoms with Gasteiger partial charge >= 0.3 is 0 Å². The zero-order valence-corrected chi connectivity index (χ0v) is 13.0. The number of ether oxygens (including phenoxy) is 1. The van der Waals surface area contributed by atoms with Crippen LogP contribution < -0.4 is 14.8 Å². The average Bonchev–Trinajstić information content (AvgIpc) is 2.74. The molecule has 1 aliphatic heterocycles. The number of rotatable bonds is 4. The van der Waals surface area contributed by atoms with E-state index in [-0.39, 0.29) is 30.4 Å². The topological polar surface area (TPSA) is 97.4 Å². The zero-order valence-electron chi connectivity index (χ0n) is 12.2. The van der Waals surface area contributed by atoms with Gasteiger partial charge in [-0.25, -0.2) is 13.1 Å². The molecule has 1 amide bonds. The number of pyridine rings is 1. The number of aromatic nitrogens is 1. The standard InChI is InChI=1S/C15H15N3O4S/c19-15-5-8-22-14-2-1-12(9-13(14)18-15)23(20,21)17-10-11-3-6-16-7-4-11/h1-4,6-7,9,17H,5,8,10H2,(H,18,19). The third-order valence-corrected chi connectivity index (χ3v) is 4.74. The summed E-state index contributed by atoms with van der Waals surface area (Å²) >= 11 is 0. The predicted molar refractivity (Wildman–Crippen MR) is 83.4 cm³/mol. The maximum absolute atomic E-state index is 12.4. The molecular weight excluding hydrogens is 318 g/mol. The van der Waals surface area contributed by atoms with Crippen molar-refractivity contribution in [2.24, 2.45) is 0 Å². The molecule has 0 unspecified atom stereocenters. The summed E-state index contributed by atoms with van der Waals surface area (Å²) in [6.07, 6.45) is 3.43. The van der Waals surface area contributed by atoms with E-state index in [1.54, 1.807) is 30.6 Å². The number of nitrogens with one attached hydrogen (secondary N) is 2. The van der Waals surface area contributed by atoms with Crippen molar-refractivity contribution in [1.29, 1.82) is 0 Å². The number of amides is 1. The Morgan fingerprint density at radius 1 is 1.22 bits per heavy atom. The summed E-state index contributed by atoms with van der Waals surface area (Å²) in [7, 11) is -3.70. The molecule has 1 aromatic carbocycles. The highest BCUT2D eigenvalue weighted by Gasteiger charge is 2.19. The Hall–Kier alpha value is -2.45. The fraction of sp³-hybridized carbons (Fsp3) is 0.200. The lowest BCUT2D eigenvalue weighted by Gasteiger charge is -2.11. The average molecular weight is 333 g/mol. The number of sulfonamides is 1. The van der Waals surface area contributed by atoms with Crippen molar-refractivity contribution in [2.75, 3.05) is 11.9 Å². The van der Waals surface area contributed by atoms with Crippen LogP contribution in [0, 0.1) is 0 Å². The van der Waals surface area contributed by atoms with Gasteiger partial charge in [-0.1, -0.05) is 0 Å². The molecule has 23 heavy (non-hydrogen) atoms. The van der Waals surface area contributed by atoms with E-state index in [4.69, 9.17) is 4.74 Å². The Balaban J connectivity index is 1.81. The number of hydrogen-bond acceptors (Lipinski definition) is 5. The maximum Gasteiger partial charge on any atom is 0.240 e. The molecule has 1 aromatic heterocycles. The zero-order chi connectivity index (χ0) is 16.3. The molecule has 0 radical (unpaired) electrons. The highest BCUT2D eigenvalue weighted by Crippen LogP contribution is 2.29. The molecule has 3 rings (SSSR count). The van der Waals surface area contributed by atoms with Crippen LogP contribution >= 0.6 is 0 Å². The molecule has 8 heteroatoms. The summed E-state index contributed by atoms with van der Waals surface area (Å²) in [6, 6.07) is 7.85. The van der Waals surface area contributed by atoms with Gasteiger partial charge in [-0.3, -0.25) is 9.78 Å². The van der Waals surface area contributed by atoms with E-state index in [2.05, 4.69) is 15.0 Å². The normalized spacial score (nSPS) is 14.3. The van der Waals surface area contributed by atoms with Gasteiger partial charge in [0.1, 0.15) is 5.75 Å². The van der Waals surface area contributed by atoms with E-state index in [0.29, 0.717) is 11.4 Å². The monoisotopic (exact) mass is 333 g/mol. The molecule has 0 saturated carbocycles. The Kier molecular flexibility index (Phi) is 4.26. The Morgan fingerprint density at radius 2 is 2.00 bits per heavy atom. The summed E-state index contributed by atoms with van der Waals surface area (Å²) in [5.41, 5.74) is 1.16. The lowest BCUT2D eigenvalue weighted by Crippen LogP contribution is -2.23. The minimum absolute atomic E-state index is 0.0658. The molecular formula is C15H15N3O4S. The fourth-order valence-electron chi connectivity index (χ4n) is 2.13. The van der Waals surface area contributed by atoms with Crippen LogP contribution in [0.2, 0.25) is 0 Å². The van der Waals surface area contributed by atoms with Crippen LogP contribution in [0.25, 0.3) is 0 Å². The minimum Gasteiger partial charge on any atom is -0.491 e. The number of carbonyl (C=O) groups is 1. The van der Waals surface area contributed by atoms with E-state index in [1.807, 2.05) is 0 Å². The molecule has 0 fully saturated rings. The SMILES string of the molecule is O=C1CCOc2ccc(S(=O)(=O)NCc3ccncc3)cc2N1. The quantitative estimate of drug-likeness (QED) is 0.878. The van der Waals surface area contributed by atoms with Crippen molar-refractivity contribution >= 4 is 21.6 Å². The highest BCUT2D eigenvalue weighted by molar-refractivity contribution is 7.89. The second kappa shape index (κ2) is 6.35. The Bertz CT molecular complexity index is 822. The van der Waals surface area contributed by atoms with E-state index in [1.165, 1.54) is 12.1 Å². The van der Waals surface area contributed by atoms with Crippen molar-refractivity contribution < 1.29 is 17.9 Å². The lowest BCUT2D eigenvalue weighted by atomic mass is 10.3. The first-order chi connectivity index (χ1) is 11.0. The molecule has 0 bridgehead atoms. The third kappa shape index (κ3) is 3.66. The van der Waals surface area contributed by atoms with E-state index < -0.39 is 10.0 Å². The first-order valence-corrected chi connectivity index (χ1v) is 8.48. The molecule has 120 valence electrons. The summed E-state index contributed by atoms with van der Waals surface area (Å²) in [5.74, 6) is 0.256. The number of benzene rings is 1. The van der Waals surface area contributed by atoms with Crippen molar-refractivity contribution in [3.05, 3.63) is 48.3 Å². The number of anilines is 1. The summed E-state index contributed by atoms with van der Waals surface area (Å²) in [6.45, 7) is 0.427. The number of hydrogen-bond donors (Lipinski definition) is 2. The van der Waals surface area contributed by atoms with Gasteiger partial charge in [-0.2, -0.15) is 0 Å². The minimum atomic E-state index is -3.70. The molecule has 2 N–H and O–H groups in total. The van der Waals surface area contributed by atoms with E-state index in [9.17, 15) is 13.2 Å². The van der Waals surface area contributed by atoms with Crippen LogP contribution in [0.4, 0.5) is 5.69 Å². The lowest BCUT2D eigenvalue weighted by molar-refractivity contribution is -0.116. The second-order valence-corrected chi connectivity index (χ2v) is 6.75. The largest absolute Gasteiger partial charge is 0.491 e. The molecule has 0 saturated heterocycles. The first kappa shape index (κ1) is 15.4. The van der Waals surface area contributed by atoms with E-state index in [0.717, 1.165) is 5.56 Å². The third-order valence-electron chi connectivity index (χ3n) is 3.34. The molecule has 0 spiro atoms. The van der Waals surface area contributed by atoms with E-state index >= 15 is 0 Å². The van der Waals surface area contributed by atoms with Crippen LogP contribution in [-0.4, -0.2) is 25.9 Å². The maximum atomic E-state index is 12.4. The number of nitrogens with zero attached hydrogens (tertiary/aromatic N) is 1. The highest BCUT2D eigenvalue weighted by atomic mass is 32.2.